The molecule has 63 heavy (non-hydrogen) atoms. The molecule has 2 unspecified atom stereocenters. The molecule has 8 nitrogen and oxygen atoms in total. The Hall–Kier alpha value is -2.25. The standard InChI is InChI=1S/C54H97O8P/c1-4-6-8-10-12-14-16-18-20-22-24-26-27-29-30-32-34-36-38-40-42-44-46-48-53(55)60-50-52(51-61-63(57,58)59-3)62-54(56)49-47-45-43-41-39-37-35-33-31-28-25-23-21-19-17-15-13-11-9-7-5-2/h7,9,13,15,19,21-22,24-25,28,52H,4-6,8,10-12,14,16-18,20,23,26-27,29-51H2,1-3H3,(H,57,58)/b9-7-,15-13-,21-19-,24-22-,28-25-. The second-order valence-corrected chi connectivity index (χ2v) is 18.8. The summed E-state index contributed by atoms with van der Waals surface area (Å²) in [5, 5.41) is 0. The minimum absolute atomic E-state index is 0.230. The summed E-state index contributed by atoms with van der Waals surface area (Å²) >= 11 is 0. The predicted molar refractivity (Wildman–Crippen MR) is 267 cm³/mol. The molecule has 0 saturated carbocycles. The number of rotatable bonds is 48. The first-order valence-electron chi connectivity index (χ1n) is 26.0. The summed E-state index contributed by atoms with van der Waals surface area (Å²) in [7, 11) is -3.21. The number of allylic oxidation sites excluding steroid dienone is 10. The van der Waals surface area contributed by atoms with E-state index in [9.17, 15) is 19.0 Å². The third-order valence-corrected chi connectivity index (χ3v) is 12.2. The number of hydrogen-bond donors (Lipinski definition) is 1. The number of phosphoric acid groups is 1. The second kappa shape index (κ2) is 49.2. The van der Waals surface area contributed by atoms with Crippen molar-refractivity contribution in [3.63, 3.8) is 0 Å². The molecular formula is C54H97O8P. The zero-order valence-electron chi connectivity index (χ0n) is 41.0. The number of hydrogen-bond acceptors (Lipinski definition) is 7. The molecule has 0 fully saturated rings. The van der Waals surface area contributed by atoms with Crippen LogP contribution in [0, 0.1) is 0 Å². The highest BCUT2D eigenvalue weighted by Crippen LogP contribution is 2.42. The van der Waals surface area contributed by atoms with Crippen molar-refractivity contribution >= 4 is 19.8 Å². The van der Waals surface area contributed by atoms with Gasteiger partial charge in [-0.2, -0.15) is 0 Å². The normalized spacial score (nSPS) is 13.7. The van der Waals surface area contributed by atoms with Crippen LogP contribution in [0.4, 0.5) is 0 Å². The van der Waals surface area contributed by atoms with E-state index in [1.165, 1.54) is 141 Å². The molecule has 0 radical (unpaired) electrons. The number of phosphoric ester groups is 1. The quantitative estimate of drug-likeness (QED) is 0.0278. The Morgan fingerprint density at radius 2 is 0.810 bits per heavy atom. The summed E-state index contributed by atoms with van der Waals surface area (Å²) < 4.78 is 32.2. The zero-order valence-corrected chi connectivity index (χ0v) is 41.9. The van der Waals surface area contributed by atoms with E-state index in [0.29, 0.717) is 6.42 Å². The maximum atomic E-state index is 12.6. The van der Waals surface area contributed by atoms with Gasteiger partial charge in [0.1, 0.15) is 6.61 Å². The lowest BCUT2D eigenvalue weighted by atomic mass is 10.0. The van der Waals surface area contributed by atoms with Crippen LogP contribution in [0.2, 0.25) is 0 Å². The van der Waals surface area contributed by atoms with Gasteiger partial charge in [0.05, 0.1) is 6.61 Å². The third kappa shape index (κ3) is 49.0. The molecule has 2 atom stereocenters. The molecule has 0 heterocycles. The van der Waals surface area contributed by atoms with Gasteiger partial charge in [-0.25, -0.2) is 4.57 Å². The molecular weight excluding hydrogens is 808 g/mol. The topological polar surface area (TPSA) is 108 Å². The predicted octanol–water partition coefficient (Wildman–Crippen LogP) is 17.1. The smallest absolute Gasteiger partial charge is 0.462 e. The molecule has 0 aromatic heterocycles. The molecule has 0 saturated heterocycles. The van der Waals surface area contributed by atoms with E-state index < -0.39 is 26.5 Å². The van der Waals surface area contributed by atoms with Crippen molar-refractivity contribution in [2.24, 2.45) is 0 Å². The molecule has 0 aliphatic carbocycles. The van der Waals surface area contributed by atoms with E-state index in [0.717, 1.165) is 77.7 Å². The Morgan fingerprint density at radius 1 is 0.460 bits per heavy atom. The molecule has 0 aromatic rings. The Balaban J connectivity index is 3.90. The van der Waals surface area contributed by atoms with Crippen LogP contribution in [0.1, 0.15) is 245 Å². The fourth-order valence-corrected chi connectivity index (χ4v) is 7.75. The molecule has 9 heteroatoms. The van der Waals surface area contributed by atoms with Crippen molar-refractivity contribution in [2.45, 2.75) is 251 Å². The summed E-state index contributed by atoms with van der Waals surface area (Å²) in [5.41, 5.74) is 0. The van der Waals surface area contributed by atoms with E-state index in [-0.39, 0.29) is 25.4 Å². The van der Waals surface area contributed by atoms with Crippen LogP contribution in [-0.4, -0.2) is 43.3 Å². The van der Waals surface area contributed by atoms with Crippen LogP contribution < -0.4 is 0 Å². The van der Waals surface area contributed by atoms with Crippen LogP contribution >= 0.6 is 7.82 Å². The average Bonchev–Trinajstić information content (AvgIpc) is 3.28. The Kier molecular flexibility index (Phi) is 47.4. The second-order valence-electron chi connectivity index (χ2n) is 17.3. The van der Waals surface area contributed by atoms with Crippen LogP contribution in [0.25, 0.3) is 0 Å². The molecule has 0 aromatic carbocycles. The molecule has 0 bridgehead atoms. The lowest BCUT2D eigenvalue weighted by Crippen LogP contribution is -2.29. The summed E-state index contributed by atoms with van der Waals surface area (Å²) in [6, 6.07) is 0. The fourth-order valence-electron chi connectivity index (χ4n) is 7.29. The summed E-state index contributed by atoms with van der Waals surface area (Å²) in [6.07, 6.45) is 62.8. The molecule has 366 valence electrons. The number of carbonyl (C=O) groups excluding carboxylic acids is 2. The monoisotopic (exact) mass is 905 g/mol. The molecule has 0 aliphatic rings. The number of unbranched alkanes of at least 4 members (excludes halogenated alkanes) is 27. The Morgan fingerprint density at radius 3 is 1.22 bits per heavy atom. The number of esters is 2. The van der Waals surface area contributed by atoms with Gasteiger partial charge in [0.15, 0.2) is 6.10 Å². The van der Waals surface area contributed by atoms with Crippen molar-refractivity contribution in [2.75, 3.05) is 20.3 Å². The van der Waals surface area contributed by atoms with Crippen LogP contribution in [0.5, 0.6) is 0 Å². The van der Waals surface area contributed by atoms with E-state index in [1.54, 1.807) is 0 Å². The molecule has 0 spiro atoms. The summed E-state index contributed by atoms with van der Waals surface area (Å²) in [5.74, 6) is -0.809. The molecule has 0 aliphatic heterocycles. The van der Waals surface area contributed by atoms with Gasteiger partial charge in [-0.05, 0) is 77.0 Å². The van der Waals surface area contributed by atoms with Crippen molar-refractivity contribution in [3.05, 3.63) is 60.8 Å². The van der Waals surface area contributed by atoms with Crippen LogP contribution in [0.3, 0.4) is 0 Å². The number of carbonyl (C=O) groups is 2. The van der Waals surface area contributed by atoms with Gasteiger partial charge >= 0.3 is 19.8 Å². The zero-order chi connectivity index (χ0) is 46.0. The van der Waals surface area contributed by atoms with Gasteiger partial charge in [-0.15, -0.1) is 0 Å². The fraction of sp³-hybridized carbons (Fsp3) is 0.778. The van der Waals surface area contributed by atoms with Gasteiger partial charge in [-0.3, -0.25) is 18.6 Å². The highest BCUT2D eigenvalue weighted by molar-refractivity contribution is 7.47. The van der Waals surface area contributed by atoms with Gasteiger partial charge in [0.25, 0.3) is 0 Å². The van der Waals surface area contributed by atoms with Gasteiger partial charge in [0.2, 0.25) is 0 Å². The minimum Gasteiger partial charge on any atom is -0.462 e. The van der Waals surface area contributed by atoms with E-state index in [2.05, 4.69) is 79.1 Å². The average molecular weight is 905 g/mol. The van der Waals surface area contributed by atoms with Crippen molar-refractivity contribution < 1.29 is 37.6 Å². The first kappa shape index (κ1) is 60.8. The maximum Gasteiger partial charge on any atom is 0.472 e. The van der Waals surface area contributed by atoms with Crippen molar-refractivity contribution in [1.29, 1.82) is 0 Å². The van der Waals surface area contributed by atoms with Gasteiger partial charge in [-0.1, -0.05) is 216 Å². The first-order valence-corrected chi connectivity index (χ1v) is 27.5. The van der Waals surface area contributed by atoms with Crippen molar-refractivity contribution in [1.82, 2.24) is 0 Å². The van der Waals surface area contributed by atoms with Gasteiger partial charge < -0.3 is 14.4 Å². The SMILES string of the molecule is CC/C=C\C/C=C\C/C=C\C/C=C\CCCCCCCCCCC(=O)OC(COC(=O)CCCCCCCCCCCCC/C=C\CCCCCCCCCC)COP(=O)(O)OC. The lowest BCUT2D eigenvalue weighted by Gasteiger charge is -2.19. The van der Waals surface area contributed by atoms with Crippen LogP contribution in [0.15, 0.2) is 60.8 Å². The third-order valence-electron chi connectivity index (χ3n) is 11.2. The number of ether oxygens (including phenoxy) is 2. The summed E-state index contributed by atoms with van der Waals surface area (Å²) in [4.78, 5) is 34.7. The lowest BCUT2D eigenvalue weighted by molar-refractivity contribution is -0.161. The minimum atomic E-state index is -4.27. The van der Waals surface area contributed by atoms with Crippen molar-refractivity contribution in [3.8, 4) is 0 Å². The Labute approximate surface area is 388 Å². The summed E-state index contributed by atoms with van der Waals surface area (Å²) in [6.45, 7) is 3.80. The first-order chi connectivity index (χ1) is 30.8. The highest BCUT2D eigenvalue weighted by Gasteiger charge is 2.24. The largest absolute Gasteiger partial charge is 0.472 e. The molecule has 1 N–H and O–H groups in total. The highest BCUT2D eigenvalue weighted by atomic mass is 31.2. The van der Waals surface area contributed by atoms with E-state index in [1.807, 2.05) is 0 Å². The molecule has 0 amide bonds. The Bertz CT molecular complexity index is 1210. The van der Waals surface area contributed by atoms with E-state index >= 15 is 0 Å². The van der Waals surface area contributed by atoms with E-state index in [4.69, 9.17) is 14.0 Å². The van der Waals surface area contributed by atoms with Crippen LogP contribution in [-0.2, 0) is 32.7 Å². The molecule has 0 rings (SSSR count). The van der Waals surface area contributed by atoms with Gasteiger partial charge in [0, 0.05) is 20.0 Å². The maximum absolute atomic E-state index is 12.6.